The van der Waals surface area contributed by atoms with Gasteiger partial charge in [0.05, 0.1) is 5.56 Å². The highest BCUT2D eigenvalue weighted by Gasteiger charge is 2.44. The number of halogens is 4. The lowest BCUT2D eigenvalue weighted by Crippen LogP contribution is -2.39. The van der Waals surface area contributed by atoms with Crippen molar-refractivity contribution in [1.82, 2.24) is 5.32 Å². The Hall–Kier alpha value is -2.90. The zero-order valence-corrected chi connectivity index (χ0v) is 14.1. The van der Waals surface area contributed by atoms with Gasteiger partial charge in [-0.3, -0.25) is 9.59 Å². The van der Waals surface area contributed by atoms with Gasteiger partial charge in [-0.1, -0.05) is 18.2 Å². The Morgan fingerprint density at radius 1 is 1.00 bits per heavy atom. The third-order valence-corrected chi connectivity index (χ3v) is 4.55. The quantitative estimate of drug-likeness (QED) is 0.629. The molecule has 2 aromatic rings. The van der Waals surface area contributed by atoms with Gasteiger partial charge in [-0.25, -0.2) is 4.39 Å². The molecule has 2 N–H and O–H groups in total. The summed E-state index contributed by atoms with van der Waals surface area (Å²) < 4.78 is 51.1. The van der Waals surface area contributed by atoms with Gasteiger partial charge in [0.1, 0.15) is 5.82 Å². The number of amides is 2. The summed E-state index contributed by atoms with van der Waals surface area (Å²) in [5.41, 5.74) is -0.513. The first-order valence-electron chi connectivity index (χ1n) is 8.22. The first-order valence-corrected chi connectivity index (χ1v) is 8.22. The zero-order valence-electron chi connectivity index (χ0n) is 14.1. The summed E-state index contributed by atoms with van der Waals surface area (Å²) in [4.78, 5) is 23.9. The summed E-state index contributed by atoms with van der Waals surface area (Å²) >= 11 is 0. The zero-order chi connectivity index (χ0) is 19.7. The van der Waals surface area contributed by atoms with Crippen molar-refractivity contribution < 1.29 is 27.2 Å². The van der Waals surface area contributed by atoms with E-state index in [0.717, 1.165) is 36.6 Å². The maximum atomic E-state index is 13.0. The average Bonchev–Trinajstić information content (AvgIpc) is 3.41. The molecule has 27 heavy (non-hydrogen) atoms. The van der Waals surface area contributed by atoms with Gasteiger partial charge in [0.2, 0.25) is 0 Å². The van der Waals surface area contributed by atoms with Gasteiger partial charge in [0.15, 0.2) is 0 Å². The van der Waals surface area contributed by atoms with Gasteiger partial charge in [0, 0.05) is 17.6 Å². The molecule has 0 spiro atoms. The molecule has 0 unspecified atom stereocenters. The third-order valence-electron chi connectivity index (χ3n) is 4.55. The topological polar surface area (TPSA) is 58.2 Å². The van der Waals surface area contributed by atoms with Crippen LogP contribution in [0.5, 0.6) is 0 Å². The number of benzene rings is 2. The van der Waals surface area contributed by atoms with Crippen molar-refractivity contribution in [1.29, 1.82) is 0 Å². The van der Waals surface area contributed by atoms with Crippen LogP contribution in [0.3, 0.4) is 0 Å². The van der Waals surface area contributed by atoms with Crippen molar-refractivity contribution in [2.45, 2.75) is 24.4 Å². The molecule has 1 saturated carbocycles. The Bertz CT molecular complexity index is 859. The smallest absolute Gasteiger partial charge is 0.347 e. The fourth-order valence-corrected chi connectivity index (χ4v) is 2.81. The molecular weight excluding hydrogens is 364 g/mol. The van der Waals surface area contributed by atoms with Crippen LogP contribution >= 0.6 is 0 Å². The molecule has 2 aromatic carbocycles. The normalized spacial score (nSPS) is 15.1. The van der Waals surface area contributed by atoms with Crippen LogP contribution in [0.4, 0.5) is 23.2 Å². The summed E-state index contributed by atoms with van der Waals surface area (Å²) in [5, 5.41) is 4.65. The Morgan fingerprint density at radius 2 is 1.67 bits per heavy atom. The molecule has 1 aliphatic rings. The maximum Gasteiger partial charge on any atom is 0.416 e. The molecule has 4 nitrogen and oxygen atoms in total. The van der Waals surface area contributed by atoms with Gasteiger partial charge < -0.3 is 10.6 Å². The minimum absolute atomic E-state index is 0.121. The lowest BCUT2D eigenvalue weighted by Gasteiger charge is -2.16. The SMILES string of the molecule is O=C(NCC1(c2ccc(F)cc2)CC1)C(=O)Nc1cccc(C(F)(F)F)c1. The van der Waals surface area contributed by atoms with Crippen LogP contribution in [0.2, 0.25) is 0 Å². The van der Waals surface area contributed by atoms with E-state index < -0.39 is 23.6 Å². The fraction of sp³-hybridized carbons (Fsp3) is 0.263. The summed E-state index contributed by atoms with van der Waals surface area (Å²) in [5.74, 6) is -2.36. The standard InChI is InChI=1S/C19H16F4N2O2/c20-14-6-4-12(5-7-14)18(8-9-18)11-24-16(26)17(27)25-15-3-1-2-13(10-15)19(21,22)23/h1-7,10H,8-9,11H2,(H,24,26)(H,25,27). The van der Waals surface area contributed by atoms with Crippen LogP contribution in [0, 0.1) is 5.82 Å². The Labute approximate surface area is 152 Å². The highest BCUT2D eigenvalue weighted by molar-refractivity contribution is 6.39. The highest BCUT2D eigenvalue weighted by atomic mass is 19.4. The van der Waals surface area contributed by atoms with Gasteiger partial charge in [-0.05, 0) is 48.7 Å². The molecule has 1 fully saturated rings. The van der Waals surface area contributed by atoms with Gasteiger partial charge in [0.25, 0.3) is 0 Å². The minimum Gasteiger partial charge on any atom is -0.347 e. The average molecular weight is 380 g/mol. The van der Waals surface area contributed by atoms with Crippen molar-refractivity contribution in [3.8, 4) is 0 Å². The molecule has 0 atom stereocenters. The van der Waals surface area contributed by atoms with Crippen LogP contribution in [0.1, 0.15) is 24.0 Å². The summed E-state index contributed by atoms with van der Waals surface area (Å²) in [6.07, 6.45) is -2.97. The Morgan fingerprint density at radius 3 is 2.26 bits per heavy atom. The number of anilines is 1. The van der Waals surface area contributed by atoms with E-state index in [1.165, 1.54) is 18.2 Å². The fourth-order valence-electron chi connectivity index (χ4n) is 2.81. The third kappa shape index (κ3) is 4.45. The van der Waals surface area contributed by atoms with Gasteiger partial charge in [-0.2, -0.15) is 13.2 Å². The lowest BCUT2D eigenvalue weighted by atomic mass is 9.96. The molecule has 142 valence electrons. The number of hydrogen-bond donors (Lipinski definition) is 2. The minimum atomic E-state index is -4.55. The van der Waals surface area contributed by atoms with E-state index in [1.54, 1.807) is 12.1 Å². The first kappa shape index (κ1) is 18.9. The van der Waals surface area contributed by atoms with Crippen molar-refractivity contribution in [3.05, 3.63) is 65.5 Å². The molecule has 0 bridgehead atoms. The molecule has 0 heterocycles. The van der Waals surface area contributed by atoms with Crippen LogP contribution < -0.4 is 10.6 Å². The first-order chi connectivity index (χ1) is 12.7. The number of hydrogen-bond acceptors (Lipinski definition) is 2. The van der Waals surface area contributed by atoms with E-state index in [0.29, 0.717) is 0 Å². The van der Waals surface area contributed by atoms with E-state index >= 15 is 0 Å². The predicted molar refractivity (Wildman–Crippen MR) is 90.4 cm³/mol. The van der Waals surface area contributed by atoms with E-state index in [9.17, 15) is 27.2 Å². The predicted octanol–water partition coefficient (Wildman–Crippen LogP) is 3.63. The van der Waals surface area contributed by atoms with Crippen molar-refractivity contribution >= 4 is 17.5 Å². The molecule has 8 heteroatoms. The largest absolute Gasteiger partial charge is 0.416 e. The molecule has 0 radical (unpaired) electrons. The summed E-state index contributed by atoms with van der Waals surface area (Å²) in [6.45, 7) is 0.188. The highest BCUT2D eigenvalue weighted by Crippen LogP contribution is 2.47. The van der Waals surface area contributed by atoms with Crippen molar-refractivity contribution in [3.63, 3.8) is 0 Å². The Kier molecular flexibility index (Phi) is 4.91. The molecule has 0 aliphatic heterocycles. The second kappa shape index (κ2) is 7.02. The van der Waals surface area contributed by atoms with E-state index in [1.807, 2.05) is 0 Å². The molecule has 2 amide bonds. The number of carbonyl (C=O) groups is 2. The number of carbonyl (C=O) groups excluding carboxylic acids is 2. The van der Waals surface area contributed by atoms with Crippen LogP contribution in [0.15, 0.2) is 48.5 Å². The molecule has 1 aliphatic carbocycles. The van der Waals surface area contributed by atoms with Gasteiger partial charge >= 0.3 is 18.0 Å². The molecule has 3 rings (SSSR count). The van der Waals surface area contributed by atoms with E-state index in [4.69, 9.17) is 0 Å². The van der Waals surface area contributed by atoms with Gasteiger partial charge in [-0.15, -0.1) is 0 Å². The van der Waals surface area contributed by atoms with Crippen LogP contribution in [-0.4, -0.2) is 18.4 Å². The lowest BCUT2D eigenvalue weighted by molar-refractivity contribution is -0.137. The number of alkyl halides is 3. The van der Waals surface area contributed by atoms with Crippen LogP contribution in [0.25, 0.3) is 0 Å². The second-order valence-corrected chi connectivity index (χ2v) is 6.50. The van der Waals surface area contributed by atoms with E-state index in [-0.39, 0.29) is 23.5 Å². The molecular formula is C19H16F4N2O2. The molecule has 0 aromatic heterocycles. The van der Waals surface area contributed by atoms with Crippen molar-refractivity contribution in [2.24, 2.45) is 0 Å². The Balaban J connectivity index is 1.59. The summed E-state index contributed by atoms with van der Waals surface area (Å²) in [6, 6.07) is 9.97. The monoisotopic (exact) mass is 380 g/mol. The van der Waals surface area contributed by atoms with E-state index in [2.05, 4.69) is 10.6 Å². The second-order valence-electron chi connectivity index (χ2n) is 6.50. The number of rotatable bonds is 4. The maximum absolute atomic E-state index is 13.0. The van der Waals surface area contributed by atoms with Crippen molar-refractivity contribution in [2.75, 3.05) is 11.9 Å². The number of nitrogens with one attached hydrogen (secondary N) is 2. The van der Waals surface area contributed by atoms with Crippen LogP contribution in [-0.2, 0) is 21.2 Å². The summed E-state index contributed by atoms with van der Waals surface area (Å²) in [7, 11) is 0. The molecule has 0 saturated heterocycles.